The van der Waals surface area contributed by atoms with E-state index in [1.165, 1.54) is 4.90 Å². The number of likely N-dealkylation sites (N-methyl/N-ethyl adjacent to an activating group) is 1. The van der Waals surface area contributed by atoms with Crippen LogP contribution in [0.3, 0.4) is 0 Å². The molecule has 12 heteroatoms. The highest BCUT2D eigenvalue weighted by Gasteiger charge is 2.19. The van der Waals surface area contributed by atoms with E-state index in [0.717, 1.165) is 0 Å². The number of terminal acetylenes is 1. The molecule has 0 aromatic heterocycles. The lowest BCUT2D eigenvalue weighted by atomic mass is 10.2. The van der Waals surface area contributed by atoms with Crippen molar-refractivity contribution in [1.82, 2.24) is 4.90 Å². The Bertz CT molecular complexity index is 581. The number of amides is 1. The van der Waals surface area contributed by atoms with Crippen molar-refractivity contribution in [2.75, 3.05) is 133 Å². The van der Waals surface area contributed by atoms with E-state index in [-0.39, 0.29) is 6.09 Å². The Morgan fingerprint density at radius 1 is 0.564 bits per heavy atom. The van der Waals surface area contributed by atoms with Crippen LogP contribution >= 0.6 is 0 Å². The van der Waals surface area contributed by atoms with Gasteiger partial charge in [-0.1, -0.05) is 5.92 Å². The van der Waals surface area contributed by atoms with Gasteiger partial charge in [0.25, 0.3) is 0 Å². The second-order valence-electron chi connectivity index (χ2n) is 9.06. The average molecular weight is 566 g/mol. The topological polar surface area (TPSA) is 113 Å². The molecule has 0 rings (SSSR count). The van der Waals surface area contributed by atoms with E-state index in [1.807, 2.05) is 20.8 Å². The van der Waals surface area contributed by atoms with Gasteiger partial charge in [0.1, 0.15) is 12.2 Å². The first kappa shape index (κ1) is 37.5. The van der Waals surface area contributed by atoms with Crippen LogP contribution in [0.5, 0.6) is 0 Å². The van der Waals surface area contributed by atoms with E-state index in [4.69, 9.17) is 53.8 Å². The van der Waals surface area contributed by atoms with Crippen LogP contribution in [-0.4, -0.2) is 149 Å². The highest BCUT2D eigenvalue weighted by molar-refractivity contribution is 5.67. The van der Waals surface area contributed by atoms with Gasteiger partial charge in [-0.25, -0.2) is 4.79 Å². The van der Waals surface area contributed by atoms with Crippen molar-refractivity contribution in [3.8, 4) is 12.3 Å². The lowest BCUT2D eigenvalue weighted by Gasteiger charge is -2.24. The SMILES string of the molecule is C#CCOCCOCCOCCOCCOCCOCCOCCOCCOCCN(C)C(=O)OC(C)(C)C. The Morgan fingerprint density at radius 3 is 1.13 bits per heavy atom. The van der Waals surface area contributed by atoms with Crippen molar-refractivity contribution < 1.29 is 52.2 Å². The standard InChI is InChI=1S/C27H51NO11/c1-6-8-30-10-12-32-14-16-34-18-20-36-22-24-38-25-23-37-21-19-35-17-15-33-13-11-31-9-7-28(5)26(29)39-27(2,3)4/h1H,7-25H2,2-5H3. The van der Waals surface area contributed by atoms with Gasteiger partial charge in [0.05, 0.1) is 112 Å². The van der Waals surface area contributed by atoms with Gasteiger partial charge in [0, 0.05) is 13.6 Å². The number of hydrogen-bond acceptors (Lipinski definition) is 11. The van der Waals surface area contributed by atoms with Gasteiger partial charge in [0.2, 0.25) is 0 Å². The third kappa shape index (κ3) is 30.9. The molecule has 0 fully saturated rings. The summed E-state index contributed by atoms with van der Waals surface area (Å²) in [6.07, 6.45) is 4.71. The van der Waals surface area contributed by atoms with E-state index in [9.17, 15) is 4.79 Å². The molecule has 0 unspecified atom stereocenters. The zero-order chi connectivity index (χ0) is 28.9. The maximum atomic E-state index is 11.8. The first-order valence-corrected chi connectivity index (χ1v) is 13.4. The maximum Gasteiger partial charge on any atom is 0.410 e. The lowest BCUT2D eigenvalue weighted by molar-refractivity contribution is -0.0249. The van der Waals surface area contributed by atoms with Crippen LogP contribution in [0.25, 0.3) is 0 Å². The van der Waals surface area contributed by atoms with Gasteiger partial charge in [-0.05, 0) is 20.8 Å². The quantitative estimate of drug-likeness (QED) is 0.102. The van der Waals surface area contributed by atoms with Crippen molar-refractivity contribution in [3.63, 3.8) is 0 Å². The normalized spacial score (nSPS) is 11.5. The Hall–Kier alpha value is -1.53. The highest BCUT2D eigenvalue weighted by atomic mass is 16.6. The number of nitrogens with zero attached hydrogens (tertiary/aromatic N) is 1. The largest absolute Gasteiger partial charge is 0.444 e. The second kappa shape index (κ2) is 28.0. The predicted octanol–water partition coefficient (Wildman–Crippen LogP) is 1.64. The highest BCUT2D eigenvalue weighted by Crippen LogP contribution is 2.08. The smallest absolute Gasteiger partial charge is 0.410 e. The molecule has 0 bridgehead atoms. The van der Waals surface area contributed by atoms with Gasteiger partial charge in [-0.3, -0.25) is 0 Å². The van der Waals surface area contributed by atoms with Crippen molar-refractivity contribution >= 4 is 6.09 Å². The van der Waals surface area contributed by atoms with Gasteiger partial charge in [-0.2, -0.15) is 0 Å². The summed E-state index contributed by atoms with van der Waals surface area (Å²) < 4.78 is 53.8. The van der Waals surface area contributed by atoms with Gasteiger partial charge in [0.15, 0.2) is 0 Å². The number of ether oxygens (including phenoxy) is 10. The molecule has 0 spiro atoms. The van der Waals surface area contributed by atoms with Crippen molar-refractivity contribution in [3.05, 3.63) is 0 Å². The zero-order valence-corrected chi connectivity index (χ0v) is 24.5. The van der Waals surface area contributed by atoms with Crippen LogP contribution in [-0.2, 0) is 47.4 Å². The number of rotatable bonds is 28. The van der Waals surface area contributed by atoms with Crippen LogP contribution in [0.15, 0.2) is 0 Å². The van der Waals surface area contributed by atoms with E-state index in [0.29, 0.717) is 125 Å². The first-order valence-electron chi connectivity index (χ1n) is 13.4. The molecule has 0 N–H and O–H groups in total. The Balaban J connectivity index is 3.16. The van der Waals surface area contributed by atoms with E-state index < -0.39 is 5.60 Å². The molecule has 0 aliphatic carbocycles. The summed E-state index contributed by atoms with van der Waals surface area (Å²) in [5.74, 6) is 2.39. The van der Waals surface area contributed by atoms with E-state index in [1.54, 1.807) is 7.05 Å². The van der Waals surface area contributed by atoms with Crippen LogP contribution in [0, 0.1) is 12.3 Å². The Labute approximate surface area is 234 Å². The number of carbonyl (C=O) groups excluding carboxylic acids is 1. The van der Waals surface area contributed by atoms with E-state index >= 15 is 0 Å². The fourth-order valence-corrected chi connectivity index (χ4v) is 2.52. The summed E-state index contributed by atoms with van der Waals surface area (Å²) in [5.41, 5.74) is -0.507. The molecule has 0 aromatic carbocycles. The van der Waals surface area contributed by atoms with Crippen LogP contribution in [0.1, 0.15) is 20.8 Å². The van der Waals surface area contributed by atoms with Crippen LogP contribution < -0.4 is 0 Å². The lowest BCUT2D eigenvalue weighted by Crippen LogP contribution is -2.36. The maximum absolute atomic E-state index is 11.8. The van der Waals surface area contributed by atoms with Gasteiger partial charge < -0.3 is 52.3 Å². The predicted molar refractivity (Wildman–Crippen MR) is 145 cm³/mol. The molecule has 0 radical (unpaired) electrons. The summed E-state index contributed by atoms with van der Waals surface area (Å²) in [5, 5.41) is 0. The summed E-state index contributed by atoms with van der Waals surface area (Å²) in [6.45, 7) is 14.6. The summed E-state index contributed by atoms with van der Waals surface area (Å²) in [4.78, 5) is 13.3. The van der Waals surface area contributed by atoms with Crippen LogP contribution in [0.4, 0.5) is 4.79 Å². The summed E-state index contributed by atoms with van der Waals surface area (Å²) in [6, 6.07) is 0. The Morgan fingerprint density at radius 2 is 0.846 bits per heavy atom. The molecule has 0 atom stereocenters. The molecular weight excluding hydrogens is 514 g/mol. The van der Waals surface area contributed by atoms with Gasteiger partial charge in [-0.15, -0.1) is 6.42 Å². The number of carbonyl (C=O) groups is 1. The minimum Gasteiger partial charge on any atom is -0.444 e. The second-order valence-corrected chi connectivity index (χ2v) is 9.06. The molecule has 230 valence electrons. The zero-order valence-electron chi connectivity index (χ0n) is 24.5. The number of hydrogen-bond donors (Lipinski definition) is 0. The molecule has 0 heterocycles. The molecule has 0 aliphatic rings. The molecule has 39 heavy (non-hydrogen) atoms. The fraction of sp³-hybridized carbons (Fsp3) is 0.889. The van der Waals surface area contributed by atoms with Crippen LogP contribution in [0.2, 0.25) is 0 Å². The van der Waals surface area contributed by atoms with Crippen molar-refractivity contribution in [1.29, 1.82) is 0 Å². The van der Waals surface area contributed by atoms with Crippen molar-refractivity contribution in [2.45, 2.75) is 26.4 Å². The molecule has 1 amide bonds. The minimum absolute atomic E-state index is 0.305. The molecule has 0 saturated heterocycles. The third-order valence-electron chi connectivity index (χ3n) is 4.44. The minimum atomic E-state index is -0.507. The van der Waals surface area contributed by atoms with Gasteiger partial charge >= 0.3 is 6.09 Å². The van der Waals surface area contributed by atoms with Crippen molar-refractivity contribution in [2.24, 2.45) is 0 Å². The summed E-state index contributed by atoms with van der Waals surface area (Å²) >= 11 is 0. The molecule has 0 aliphatic heterocycles. The monoisotopic (exact) mass is 565 g/mol. The third-order valence-corrected chi connectivity index (χ3v) is 4.44. The molecule has 12 nitrogen and oxygen atoms in total. The molecule has 0 saturated carbocycles. The average Bonchev–Trinajstić information content (AvgIpc) is 2.89. The Kier molecular flexibility index (Phi) is 26.9. The fourth-order valence-electron chi connectivity index (χ4n) is 2.52. The summed E-state index contributed by atoms with van der Waals surface area (Å²) in [7, 11) is 1.68. The van der Waals surface area contributed by atoms with E-state index in [2.05, 4.69) is 5.92 Å². The first-order chi connectivity index (χ1) is 18.9. The molecule has 0 aromatic rings. The molecular formula is C27H51NO11.